The highest BCUT2D eigenvalue weighted by atomic mass is 16.5. The standard InChI is InChI=1S/C26H31NO5/c1-16(2)20-15-18(11-12-21(20)32-5)24(28)22-23(19-10-7-6-9-17(19)3)27(13-8-14-31-4)26(30)25(22)29/h6-7,9-12,15-16,23,28H,8,13-14H2,1-5H3/b24-22+. The third-order valence-electron chi connectivity index (χ3n) is 5.90. The van der Waals surface area contributed by atoms with Crippen LogP contribution in [0.4, 0.5) is 0 Å². The fourth-order valence-electron chi connectivity index (χ4n) is 4.20. The van der Waals surface area contributed by atoms with Crippen LogP contribution in [-0.4, -0.2) is 49.1 Å². The molecule has 0 aromatic heterocycles. The molecule has 32 heavy (non-hydrogen) atoms. The maximum atomic E-state index is 13.1. The molecule has 0 bridgehead atoms. The van der Waals surface area contributed by atoms with Crippen LogP contribution in [0, 0.1) is 6.92 Å². The number of aryl methyl sites for hydroxylation is 1. The van der Waals surface area contributed by atoms with Crippen LogP contribution in [-0.2, 0) is 14.3 Å². The number of rotatable bonds is 8. The van der Waals surface area contributed by atoms with Gasteiger partial charge in [-0.05, 0) is 54.2 Å². The van der Waals surface area contributed by atoms with Gasteiger partial charge in [-0.2, -0.15) is 0 Å². The quantitative estimate of drug-likeness (QED) is 0.283. The molecular formula is C26H31NO5. The van der Waals surface area contributed by atoms with Crippen LogP contribution in [0.15, 0.2) is 48.0 Å². The lowest BCUT2D eigenvalue weighted by molar-refractivity contribution is -0.140. The number of nitrogens with zero attached hydrogens (tertiary/aromatic N) is 1. The molecule has 0 aliphatic carbocycles. The fraction of sp³-hybridized carbons (Fsp3) is 0.385. The maximum Gasteiger partial charge on any atom is 0.295 e. The summed E-state index contributed by atoms with van der Waals surface area (Å²) in [5, 5.41) is 11.3. The van der Waals surface area contributed by atoms with Crippen LogP contribution in [0.5, 0.6) is 5.75 Å². The van der Waals surface area contributed by atoms with Crippen molar-refractivity contribution in [2.75, 3.05) is 27.4 Å². The van der Waals surface area contributed by atoms with E-state index in [4.69, 9.17) is 9.47 Å². The summed E-state index contributed by atoms with van der Waals surface area (Å²) in [6.45, 7) is 6.83. The minimum Gasteiger partial charge on any atom is -0.507 e. The number of aliphatic hydroxyl groups excluding tert-OH is 1. The summed E-state index contributed by atoms with van der Waals surface area (Å²) in [6, 6.07) is 12.3. The van der Waals surface area contributed by atoms with Gasteiger partial charge < -0.3 is 19.5 Å². The van der Waals surface area contributed by atoms with Crippen molar-refractivity contribution in [3.8, 4) is 5.75 Å². The van der Waals surface area contributed by atoms with Crippen molar-refractivity contribution in [1.29, 1.82) is 0 Å². The zero-order valence-corrected chi connectivity index (χ0v) is 19.3. The molecule has 6 nitrogen and oxygen atoms in total. The Hall–Kier alpha value is -3.12. The van der Waals surface area contributed by atoms with Crippen molar-refractivity contribution < 1.29 is 24.2 Å². The van der Waals surface area contributed by atoms with Gasteiger partial charge >= 0.3 is 0 Å². The third-order valence-corrected chi connectivity index (χ3v) is 5.90. The first-order valence-corrected chi connectivity index (χ1v) is 10.8. The molecule has 6 heteroatoms. The average molecular weight is 438 g/mol. The van der Waals surface area contributed by atoms with E-state index in [-0.39, 0.29) is 17.3 Å². The summed E-state index contributed by atoms with van der Waals surface area (Å²) in [4.78, 5) is 27.7. The molecule has 0 radical (unpaired) electrons. The van der Waals surface area contributed by atoms with Gasteiger partial charge in [-0.3, -0.25) is 9.59 Å². The third kappa shape index (κ3) is 4.41. The Morgan fingerprint density at radius 1 is 1.12 bits per heavy atom. The maximum absolute atomic E-state index is 13.1. The first-order valence-electron chi connectivity index (χ1n) is 10.8. The van der Waals surface area contributed by atoms with Gasteiger partial charge in [0.1, 0.15) is 11.5 Å². The predicted octanol–water partition coefficient (Wildman–Crippen LogP) is 4.59. The Morgan fingerprint density at radius 2 is 1.84 bits per heavy atom. The minimum atomic E-state index is -0.671. The number of ether oxygens (including phenoxy) is 2. The van der Waals surface area contributed by atoms with Gasteiger partial charge in [0.05, 0.1) is 18.7 Å². The first-order chi connectivity index (χ1) is 15.3. The van der Waals surface area contributed by atoms with Gasteiger partial charge in [0.2, 0.25) is 0 Å². The zero-order chi connectivity index (χ0) is 23.4. The van der Waals surface area contributed by atoms with E-state index in [1.165, 1.54) is 0 Å². The number of carbonyl (C=O) groups is 2. The van der Waals surface area contributed by atoms with E-state index in [0.717, 1.165) is 16.7 Å². The van der Waals surface area contributed by atoms with Gasteiger partial charge in [-0.1, -0.05) is 38.1 Å². The second-order valence-corrected chi connectivity index (χ2v) is 8.31. The van der Waals surface area contributed by atoms with Crippen LogP contribution < -0.4 is 4.74 Å². The van der Waals surface area contributed by atoms with Crippen LogP contribution in [0.25, 0.3) is 5.76 Å². The lowest BCUT2D eigenvalue weighted by Gasteiger charge is -2.26. The lowest BCUT2D eigenvalue weighted by Crippen LogP contribution is -2.31. The zero-order valence-electron chi connectivity index (χ0n) is 19.3. The van der Waals surface area contributed by atoms with Crippen LogP contribution in [0.2, 0.25) is 0 Å². The number of benzene rings is 2. The monoisotopic (exact) mass is 437 g/mol. The molecule has 1 N–H and O–H groups in total. The van der Waals surface area contributed by atoms with Crippen molar-refractivity contribution >= 4 is 17.4 Å². The number of carbonyl (C=O) groups excluding carboxylic acids is 2. The molecule has 1 unspecified atom stereocenters. The van der Waals surface area contributed by atoms with Crippen LogP contribution in [0.1, 0.15) is 54.5 Å². The molecule has 1 aliphatic heterocycles. The topological polar surface area (TPSA) is 76.1 Å². The summed E-state index contributed by atoms with van der Waals surface area (Å²) < 4.78 is 10.6. The van der Waals surface area contributed by atoms with Crippen LogP contribution >= 0.6 is 0 Å². The smallest absolute Gasteiger partial charge is 0.295 e. The number of hydrogen-bond donors (Lipinski definition) is 1. The normalized spacial score (nSPS) is 17.9. The number of ketones is 1. The molecule has 0 saturated carbocycles. The number of likely N-dealkylation sites (tertiary alicyclic amines) is 1. The molecule has 170 valence electrons. The summed E-state index contributed by atoms with van der Waals surface area (Å²) in [5.74, 6) is -0.577. The molecule has 1 aliphatic rings. The Morgan fingerprint density at radius 3 is 2.47 bits per heavy atom. The summed E-state index contributed by atoms with van der Waals surface area (Å²) in [5.41, 5.74) is 3.28. The molecule has 1 atom stereocenters. The minimum absolute atomic E-state index is 0.113. The van der Waals surface area contributed by atoms with Gasteiger partial charge in [0, 0.05) is 25.8 Å². The number of Topliss-reactive ketones (excluding diaryl/α,β-unsaturated/α-hetero) is 1. The van der Waals surface area contributed by atoms with E-state index in [1.807, 2.05) is 51.1 Å². The summed E-state index contributed by atoms with van der Waals surface area (Å²) in [7, 11) is 3.20. The lowest BCUT2D eigenvalue weighted by atomic mass is 9.91. The summed E-state index contributed by atoms with van der Waals surface area (Å²) in [6.07, 6.45) is 0.589. The van der Waals surface area contributed by atoms with E-state index in [1.54, 1.807) is 31.3 Å². The van der Waals surface area contributed by atoms with E-state index >= 15 is 0 Å². The Balaban J connectivity index is 2.18. The number of methoxy groups -OCH3 is 2. The number of amides is 1. The molecule has 1 fully saturated rings. The number of hydrogen-bond acceptors (Lipinski definition) is 5. The Bertz CT molecular complexity index is 1040. The van der Waals surface area contributed by atoms with Crippen molar-refractivity contribution in [3.63, 3.8) is 0 Å². The van der Waals surface area contributed by atoms with Crippen molar-refractivity contribution in [3.05, 3.63) is 70.3 Å². The van der Waals surface area contributed by atoms with Crippen molar-refractivity contribution in [2.24, 2.45) is 0 Å². The molecule has 2 aromatic rings. The van der Waals surface area contributed by atoms with Gasteiger partial charge in [0.15, 0.2) is 0 Å². The fourth-order valence-corrected chi connectivity index (χ4v) is 4.20. The van der Waals surface area contributed by atoms with Crippen molar-refractivity contribution in [2.45, 2.75) is 39.2 Å². The van der Waals surface area contributed by atoms with Gasteiger partial charge in [0.25, 0.3) is 11.7 Å². The number of aliphatic hydroxyl groups is 1. The second kappa shape index (κ2) is 10.0. The van der Waals surface area contributed by atoms with E-state index in [0.29, 0.717) is 30.9 Å². The van der Waals surface area contributed by atoms with Crippen molar-refractivity contribution in [1.82, 2.24) is 4.90 Å². The SMILES string of the molecule is COCCCN1C(=O)C(=O)/C(=C(/O)c2ccc(OC)c(C(C)C)c2)C1c1ccccc1C. The predicted molar refractivity (Wildman–Crippen MR) is 124 cm³/mol. The molecule has 1 amide bonds. The second-order valence-electron chi connectivity index (χ2n) is 8.31. The summed E-state index contributed by atoms with van der Waals surface area (Å²) >= 11 is 0. The van der Waals surface area contributed by atoms with E-state index in [9.17, 15) is 14.7 Å². The highest BCUT2D eigenvalue weighted by Crippen LogP contribution is 2.41. The molecule has 2 aromatic carbocycles. The van der Waals surface area contributed by atoms with Crippen LogP contribution in [0.3, 0.4) is 0 Å². The highest BCUT2D eigenvalue weighted by Gasteiger charge is 2.46. The molecule has 1 saturated heterocycles. The average Bonchev–Trinajstić information content (AvgIpc) is 3.03. The van der Waals surface area contributed by atoms with Gasteiger partial charge in [-0.15, -0.1) is 0 Å². The Kier molecular flexibility index (Phi) is 7.36. The molecule has 3 rings (SSSR count). The largest absolute Gasteiger partial charge is 0.507 e. The highest BCUT2D eigenvalue weighted by molar-refractivity contribution is 6.46. The Labute approximate surface area is 189 Å². The van der Waals surface area contributed by atoms with Gasteiger partial charge in [-0.25, -0.2) is 0 Å². The molecule has 1 heterocycles. The van der Waals surface area contributed by atoms with E-state index < -0.39 is 17.7 Å². The first kappa shape index (κ1) is 23.5. The molecular weight excluding hydrogens is 406 g/mol. The van der Waals surface area contributed by atoms with E-state index in [2.05, 4.69) is 0 Å². The molecule has 0 spiro atoms.